The molecule has 5 heteroatoms. The van der Waals surface area contributed by atoms with Gasteiger partial charge in [0.2, 0.25) is 5.91 Å². The third-order valence-electron chi connectivity index (χ3n) is 4.88. The molecule has 0 aromatic heterocycles. The van der Waals surface area contributed by atoms with E-state index in [0.717, 1.165) is 12.0 Å². The molecule has 5 nitrogen and oxygen atoms in total. The van der Waals surface area contributed by atoms with E-state index < -0.39 is 17.4 Å². The first-order valence-electron chi connectivity index (χ1n) is 8.31. The van der Waals surface area contributed by atoms with Crippen molar-refractivity contribution < 1.29 is 19.1 Å². The number of rotatable bonds is 1. The Hall–Kier alpha value is -2.14. The van der Waals surface area contributed by atoms with Crippen molar-refractivity contribution in [2.45, 2.75) is 50.5 Å². The highest BCUT2D eigenvalue weighted by Crippen LogP contribution is 2.57. The molecule has 1 spiro atoms. The van der Waals surface area contributed by atoms with Gasteiger partial charge in [0.25, 0.3) is 0 Å². The number of amides is 2. The molecule has 1 aromatic rings. The van der Waals surface area contributed by atoms with Crippen LogP contribution in [0.5, 0.6) is 0 Å². The fraction of sp³-hybridized carbons (Fsp3) is 0.474. The largest absolute Gasteiger partial charge is 0.443 e. The van der Waals surface area contributed by atoms with E-state index in [1.807, 2.05) is 42.5 Å². The average Bonchev–Trinajstić information content (AvgIpc) is 3.11. The van der Waals surface area contributed by atoms with Gasteiger partial charge < -0.3 is 9.47 Å². The molecule has 0 unspecified atom stereocenters. The lowest BCUT2D eigenvalue weighted by Crippen LogP contribution is -2.51. The topological polar surface area (TPSA) is 55.8 Å². The van der Waals surface area contributed by atoms with Gasteiger partial charge in [0.15, 0.2) is 5.72 Å². The van der Waals surface area contributed by atoms with Crippen molar-refractivity contribution in [3.05, 3.63) is 48.0 Å². The molecule has 2 amide bonds. The van der Waals surface area contributed by atoms with Gasteiger partial charge in [-0.05, 0) is 38.8 Å². The lowest BCUT2D eigenvalue weighted by atomic mass is 9.79. The number of nitrogens with zero attached hydrogens (tertiary/aromatic N) is 1. The zero-order valence-electron chi connectivity index (χ0n) is 14.1. The lowest BCUT2D eigenvalue weighted by molar-refractivity contribution is -0.141. The van der Waals surface area contributed by atoms with Gasteiger partial charge in [0.05, 0.1) is 12.0 Å². The van der Waals surface area contributed by atoms with Gasteiger partial charge in [0.1, 0.15) is 5.60 Å². The molecule has 0 saturated carbocycles. The van der Waals surface area contributed by atoms with Crippen LogP contribution in [-0.2, 0) is 14.3 Å². The Morgan fingerprint density at radius 3 is 2.62 bits per heavy atom. The molecule has 2 fully saturated rings. The first-order chi connectivity index (χ1) is 11.3. The summed E-state index contributed by atoms with van der Waals surface area (Å²) in [4.78, 5) is 27.1. The minimum atomic E-state index is -0.995. The second kappa shape index (κ2) is 4.93. The van der Waals surface area contributed by atoms with Crippen molar-refractivity contribution in [1.29, 1.82) is 0 Å². The van der Waals surface area contributed by atoms with Crippen LogP contribution < -0.4 is 0 Å². The van der Waals surface area contributed by atoms with Gasteiger partial charge in [-0.1, -0.05) is 36.4 Å². The number of benzene rings is 1. The molecule has 24 heavy (non-hydrogen) atoms. The number of carbonyl (C=O) groups excluding carboxylic acids is 2. The molecular weight excluding hydrogens is 306 g/mol. The molecule has 3 heterocycles. The van der Waals surface area contributed by atoms with E-state index in [-0.39, 0.29) is 23.8 Å². The van der Waals surface area contributed by atoms with E-state index in [1.165, 1.54) is 4.90 Å². The lowest BCUT2D eigenvalue weighted by Gasteiger charge is -2.33. The van der Waals surface area contributed by atoms with Gasteiger partial charge in [-0.3, -0.25) is 4.79 Å². The molecule has 2 bridgehead atoms. The Kier molecular flexibility index (Phi) is 3.16. The molecule has 1 aromatic carbocycles. The summed E-state index contributed by atoms with van der Waals surface area (Å²) in [5, 5.41) is 0. The summed E-state index contributed by atoms with van der Waals surface area (Å²) in [6, 6.07) is 9.61. The maximum atomic E-state index is 13.1. The van der Waals surface area contributed by atoms with Crippen LogP contribution in [0.1, 0.15) is 38.7 Å². The van der Waals surface area contributed by atoms with E-state index in [9.17, 15) is 9.59 Å². The normalized spacial score (nSPS) is 33.9. The van der Waals surface area contributed by atoms with Crippen molar-refractivity contribution in [2.24, 2.45) is 5.92 Å². The molecule has 4 rings (SSSR count). The minimum Gasteiger partial charge on any atom is -0.443 e. The van der Waals surface area contributed by atoms with E-state index in [2.05, 4.69) is 0 Å². The van der Waals surface area contributed by atoms with Gasteiger partial charge in [-0.2, -0.15) is 0 Å². The number of hydrogen-bond donors (Lipinski definition) is 0. The summed E-state index contributed by atoms with van der Waals surface area (Å²) < 4.78 is 11.5. The Balaban J connectivity index is 1.75. The number of carbonyl (C=O) groups is 2. The molecule has 4 atom stereocenters. The Morgan fingerprint density at radius 2 is 2.00 bits per heavy atom. The summed E-state index contributed by atoms with van der Waals surface area (Å²) in [7, 11) is 0. The van der Waals surface area contributed by atoms with Crippen LogP contribution in [-0.4, -0.2) is 34.3 Å². The Bertz CT molecular complexity index is 721. The second-order valence-corrected chi connectivity index (χ2v) is 7.65. The quantitative estimate of drug-likeness (QED) is 0.743. The predicted octanol–water partition coefficient (Wildman–Crippen LogP) is 3.22. The first kappa shape index (κ1) is 15.4. The monoisotopic (exact) mass is 327 g/mol. The summed E-state index contributed by atoms with van der Waals surface area (Å²) in [6.07, 6.45) is 3.86. The summed E-state index contributed by atoms with van der Waals surface area (Å²) in [5.74, 6) is -0.700. The molecule has 2 saturated heterocycles. The number of hydrogen-bond acceptors (Lipinski definition) is 4. The van der Waals surface area contributed by atoms with Crippen LogP contribution in [0.25, 0.3) is 0 Å². The maximum absolute atomic E-state index is 13.1. The highest BCUT2D eigenvalue weighted by atomic mass is 16.6. The summed E-state index contributed by atoms with van der Waals surface area (Å²) >= 11 is 0. The zero-order chi connectivity index (χ0) is 17.1. The van der Waals surface area contributed by atoms with E-state index in [1.54, 1.807) is 20.8 Å². The Labute approximate surface area is 141 Å². The van der Waals surface area contributed by atoms with Crippen LogP contribution in [0, 0.1) is 5.92 Å². The average molecular weight is 327 g/mol. The standard InChI is InChI=1S/C19H21NO4/c1-18(2,3)24-17(22)20-16(21)15(12-7-5-4-6-8-12)14-11-13-9-10-19(14,20)23-13/h4-10,13-15H,11H2,1-3H3/t13-,14+,15+,19+/m1/s1. The number of ether oxygens (including phenoxy) is 2. The Morgan fingerprint density at radius 1 is 1.29 bits per heavy atom. The van der Waals surface area contributed by atoms with E-state index in [0.29, 0.717) is 0 Å². The molecule has 126 valence electrons. The molecule has 0 aliphatic carbocycles. The van der Waals surface area contributed by atoms with E-state index in [4.69, 9.17) is 9.47 Å². The van der Waals surface area contributed by atoms with Gasteiger partial charge in [-0.25, -0.2) is 9.69 Å². The van der Waals surface area contributed by atoms with Crippen LogP contribution in [0.15, 0.2) is 42.5 Å². The molecular formula is C19H21NO4. The van der Waals surface area contributed by atoms with Gasteiger partial charge in [0, 0.05) is 5.92 Å². The molecule has 3 aliphatic rings. The smallest absolute Gasteiger partial charge is 0.419 e. The number of fused-ring (bicyclic) bond motifs is 1. The molecule has 3 aliphatic heterocycles. The highest BCUT2D eigenvalue weighted by molar-refractivity contribution is 6.00. The fourth-order valence-electron chi connectivity index (χ4n) is 4.05. The van der Waals surface area contributed by atoms with Crippen LogP contribution >= 0.6 is 0 Å². The number of likely N-dealkylation sites (tertiary alicyclic amines) is 1. The van der Waals surface area contributed by atoms with Crippen LogP contribution in [0.4, 0.5) is 4.79 Å². The van der Waals surface area contributed by atoms with Crippen molar-refractivity contribution in [2.75, 3.05) is 0 Å². The minimum absolute atomic E-state index is 0.0424. The van der Waals surface area contributed by atoms with Crippen molar-refractivity contribution >= 4 is 12.0 Å². The van der Waals surface area contributed by atoms with Crippen molar-refractivity contribution in [1.82, 2.24) is 4.90 Å². The fourth-order valence-corrected chi connectivity index (χ4v) is 4.05. The van der Waals surface area contributed by atoms with Gasteiger partial charge in [-0.15, -0.1) is 0 Å². The SMILES string of the molecule is CC(C)(C)OC(=O)N1C(=O)[C@@H](c2ccccc2)[C@@H]2C[C@H]3C=C[C@]21O3. The third-order valence-corrected chi connectivity index (χ3v) is 4.88. The molecule has 0 N–H and O–H groups in total. The second-order valence-electron chi connectivity index (χ2n) is 7.65. The van der Waals surface area contributed by atoms with Crippen LogP contribution in [0.2, 0.25) is 0 Å². The number of imide groups is 1. The predicted molar refractivity (Wildman–Crippen MR) is 87.1 cm³/mol. The third kappa shape index (κ3) is 2.11. The van der Waals surface area contributed by atoms with Crippen molar-refractivity contribution in [3.8, 4) is 0 Å². The maximum Gasteiger partial charge on any atom is 0.419 e. The van der Waals surface area contributed by atoms with Gasteiger partial charge >= 0.3 is 6.09 Å². The zero-order valence-corrected chi connectivity index (χ0v) is 14.1. The summed E-state index contributed by atoms with van der Waals surface area (Å²) in [5.41, 5.74) is -0.748. The van der Waals surface area contributed by atoms with Crippen LogP contribution in [0.3, 0.4) is 0 Å². The van der Waals surface area contributed by atoms with E-state index >= 15 is 0 Å². The highest BCUT2D eigenvalue weighted by Gasteiger charge is 2.67. The first-order valence-corrected chi connectivity index (χ1v) is 8.31. The molecule has 0 radical (unpaired) electrons. The summed E-state index contributed by atoms with van der Waals surface area (Å²) in [6.45, 7) is 5.37. The van der Waals surface area contributed by atoms with Crippen molar-refractivity contribution in [3.63, 3.8) is 0 Å².